The number of halogens is 3. The van der Waals surface area contributed by atoms with E-state index in [-0.39, 0.29) is 17.9 Å². The first kappa shape index (κ1) is 21.2. The average molecular weight is 377 g/mol. The number of nitrogens with one attached hydrogen (secondary N) is 1. The summed E-state index contributed by atoms with van der Waals surface area (Å²) in [4.78, 5) is 35.7. The minimum absolute atomic E-state index is 0.0834. The molecule has 1 amide bonds. The molecule has 1 aliphatic carbocycles. The molecule has 1 saturated carbocycles. The lowest BCUT2D eigenvalue weighted by atomic mass is 9.85. The summed E-state index contributed by atoms with van der Waals surface area (Å²) in [6, 6.07) is 3.09. The van der Waals surface area contributed by atoms with Gasteiger partial charge in [-0.15, -0.1) is 0 Å². The lowest BCUT2D eigenvalue weighted by molar-refractivity contribution is -0.192. The number of aliphatic carboxylic acids is 2. The number of anilines is 1. The molecule has 8 nitrogen and oxygen atoms in total. The second kappa shape index (κ2) is 9.02. The second-order valence-corrected chi connectivity index (χ2v) is 5.65. The zero-order valence-electron chi connectivity index (χ0n) is 13.5. The quantitative estimate of drug-likeness (QED) is 0.627. The molecule has 2 atom stereocenters. The Morgan fingerprint density at radius 1 is 1.19 bits per heavy atom. The number of amides is 1. The SMILES string of the molecule is Nc1ccc(C(=O)NC2CCCC(C(=O)O)C2)cn1.O=C(O)C(F)(F)F. The van der Waals surface area contributed by atoms with Crippen LogP contribution in [0, 0.1) is 5.92 Å². The van der Waals surface area contributed by atoms with Crippen LogP contribution < -0.4 is 11.1 Å². The maximum atomic E-state index is 12.0. The molecule has 1 heterocycles. The molecule has 26 heavy (non-hydrogen) atoms. The Balaban J connectivity index is 0.000000412. The Kier molecular flexibility index (Phi) is 7.35. The zero-order valence-corrected chi connectivity index (χ0v) is 13.5. The molecule has 1 fully saturated rings. The van der Waals surface area contributed by atoms with Crippen molar-refractivity contribution in [2.24, 2.45) is 5.92 Å². The number of aromatic nitrogens is 1. The number of rotatable bonds is 3. The second-order valence-electron chi connectivity index (χ2n) is 5.65. The van der Waals surface area contributed by atoms with Crippen molar-refractivity contribution in [3.8, 4) is 0 Å². The van der Waals surface area contributed by atoms with Crippen LogP contribution in [-0.2, 0) is 9.59 Å². The fraction of sp³-hybridized carbons (Fsp3) is 0.467. The van der Waals surface area contributed by atoms with Gasteiger partial charge in [0.05, 0.1) is 11.5 Å². The van der Waals surface area contributed by atoms with E-state index in [9.17, 15) is 22.8 Å². The summed E-state index contributed by atoms with van der Waals surface area (Å²) in [7, 11) is 0. The minimum Gasteiger partial charge on any atom is -0.481 e. The highest BCUT2D eigenvalue weighted by atomic mass is 19.4. The van der Waals surface area contributed by atoms with E-state index in [1.54, 1.807) is 12.1 Å². The smallest absolute Gasteiger partial charge is 0.481 e. The van der Waals surface area contributed by atoms with Gasteiger partial charge in [-0.1, -0.05) is 6.42 Å². The maximum absolute atomic E-state index is 12.0. The fourth-order valence-corrected chi connectivity index (χ4v) is 2.35. The van der Waals surface area contributed by atoms with Gasteiger partial charge < -0.3 is 21.3 Å². The summed E-state index contributed by atoms with van der Waals surface area (Å²) in [6.07, 6.45) is -0.851. The van der Waals surface area contributed by atoms with E-state index in [0.29, 0.717) is 24.2 Å². The van der Waals surface area contributed by atoms with Crippen molar-refractivity contribution >= 4 is 23.7 Å². The number of nitrogen functional groups attached to an aromatic ring is 1. The van der Waals surface area contributed by atoms with Gasteiger partial charge in [0.25, 0.3) is 5.91 Å². The normalized spacial score (nSPS) is 19.7. The van der Waals surface area contributed by atoms with Gasteiger partial charge in [-0.2, -0.15) is 13.2 Å². The fourth-order valence-electron chi connectivity index (χ4n) is 2.35. The number of hydrogen-bond acceptors (Lipinski definition) is 5. The van der Waals surface area contributed by atoms with Crippen molar-refractivity contribution in [3.05, 3.63) is 23.9 Å². The highest BCUT2D eigenvalue weighted by molar-refractivity contribution is 5.94. The van der Waals surface area contributed by atoms with Crippen molar-refractivity contribution in [2.75, 3.05) is 5.73 Å². The predicted molar refractivity (Wildman–Crippen MR) is 83.2 cm³/mol. The van der Waals surface area contributed by atoms with Crippen molar-refractivity contribution in [1.82, 2.24) is 10.3 Å². The van der Waals surface area contributed by atoms with Crippen molar-refractivity contribution in [1.29, 1.82) is 0 Å². The molecular weight excluding hydrogens is 359 g/mol. The van der Waals surface area contributed by atoms with Crippen molar-refractivity contribution in [2.45, 2.75) is 37.9 Å². The molecule has 0 saturated heterocycles. The molecule has 0 aromatic carbocycles. The third-order valence-corrected chi connectivity index (χ3v) is 3.65. The predicted octanol–water partition coefficient (Wildman–Crippen LogP) is 1.67. The van der Waals surface area contributed by atoms with Crippen LogP contribution in [0.3, 0.4) is 0 Å². The molecule has 2 unspecified atom stereocenters. The Morgan fingerprint density at radius 2 is 1.81 bits per heavy atom. The van der Waals surface area contributed by atoms with Gasteiger partial charge in [0.2, 0.25) is 0 Å². The summed E-state index contributed by atoms with van der Waals surface area (Å²) >= 11 is 0. The monoisotopic (exact) mass is 377 g/mol. The molecule has 1 aromatic heterocycles. The average Bonchev–Trinajstić information content (AvgIpc) is 2.55. The summed E-state index contributed by atoms with van der Waals surface area (Å²) < 4.78 is 31.7. The van der Waals surface area contributed by atoms with E-state index < -0.39 is 18.1 Å². The summed E-state index contributed by atoms with van der Waals surface area (Å²) in [6.45, 7) is 0. The van der Waals surface area contributed by atoms with Gasteiger partial charge >= 0.3 is 18.1 Å². The highest BCUT2D eigenvalue weighted by Gasteiger charge is 2.38. The van der Waals surface area contributed by atoms with Crippen molar-refractivity contribution < 1.29 is 37.8 Å². The molecule has 144 valence electrons. The molecule has 0 radical (unpaired) electrons. The first-order chi connectivity index (χ1) is 12.0. The van der Waals surface area contributed by atoms with Gasteiger partial charge in [-0.05, 0) is 31.4 Å². The van der Waals surface area contributed by atoms with Crippen LogP contribution in [0.2, 0.25) is 0 Å². The third-order valence-electron chi connectivity index (χ3n) is 3.65. The van der Waals surface area contributed by atoms with Crippen LogP contribution in [0.5, 0.6) is 0 Å². The summed E-state index contributed by atoms with van der Waals surface area (Å²) in [5, 5.41) is 19.0. The molecule has 0 bridgehead atoms. The number of hydrogen-bond donors (Lipinski definition) is 4. The van der Waals surface area contributed by atoms with E-state index in [4.69, 9.17) is 20.7 Å². The maximum Gasteiger partial charge on any atom is 0.490 e. The number of carbonyl (C=O) groups is 3. The minimum atomic E-state index is -5.08. The van der Waals surface area contributed by atoms with Crippen LogP contribution in [-0.4, -0.2) is 45.3 Å². The Bertz CT molecular complexity index is 649. The first-order valence-electron chi connectivity index (χ1n) is 7.56. The van der Waals surface area contributed by atoms with E-state index in [2.05, 4.69) is 10.3 Å². The molecule has 2 rings (SSSR count). The van der Waals surface area contributed by atoms with Crippen molar-refractivity contribution in [3.63, 3.8) is 0 Å². The summed E-state index contributed by atoms with van der Waals surface area (Å²) in [5.74, 6) is -3.77. The van der Waals surface area contributed by atoms with E-state index in [1.807, 2.05) is 0 Å². The molecule has 5 N–H and O–H groups in total. The van der Waals surface area contributed by atoms with Crippen LogP contribution in [0.25, 0.3) is 0 Å². The topological polar surface area (TPSA) is 143 Å². The number of carboxylic acids is 2. The third kappa shape index (κ3) is 6.95. The molecule has 1 aliphatic rings. The van der Waals surface area contributed by atoms with Gasteiger partial charge in [0.15, 0.2) is 0 Å². The van der Waals surface area contributed by atoms with Crippen LogP contribution >= 0.6 is 0 Å². The summed E-state index contributed by atoms with van der Waals surface area (Å²) in [5.41, 5.74) is 5.89. The Morgan fingerprint density at radius 3 is 2.27 bits per heavy atom. The van der Waals surface area contributed by atoms with Crippen LogP contribution in [0.15, 0.2) is 18.3 Å². The van der Waals surface area contributed by atoms with Gasteiger partial charge in [-0.25, -0.2) is 9.78 Å². The number of pyridine rings is 1. The molecule has 0 spiro atoms. The van der Waals surface area contributed by atoms with Gasteiger partial charge in [0, 0.05) is 12.2 Å². The molecule has 0 aliphatic heterocycles. The highest BCUT2D eigenvalue weighted by Crippen LogP contribution is 2.24. The van der Waals surface area contributed by atoms with E-state index >= 15 is 0 Å². The van der Waals surface area contributed by atoms with E-state index in [0.717, 1.165) is 12.8 Å². The Hall–Kier alpha value is -2.85. The molecule has 1 aromatic rings. The molecular formula is C15H18F3N3O5. The lowest BCUT2D eigenvalue weighted by Crippen LogP contribution is -2.39. The largest absolute Gasteiger partial charge is 0.490 e. The first-order valence-corrected chi connectivity index (χ1v) is 7.56. The number of alkyl halides is 3. The zero-order chi connectivity index (χ0) is 19.9. The molecule has 11 heteroatoms. The van der Waals surface area contributed by atoms with Crippen LogP contribution in [0.1, 0.15) is 36.0 Å². The Labute approximate surface area is 146 Å². The number of carbonyl (C=O) groups excluding carboxylic acids is 1. The van der Waals surface area contributed by atoms with Gasteiger partial charge in [0.1, 0.15) is 5.82 Å². The van der Waals surface area contributed by atoms with E-state index in [1.165, 1.54) is 6.20 Å². The lowest BCUT2D eigenvalue weighted by Gasteiger charge is -2.27. The van der Waals surface area contributed by atoms with Crippen LogP contribution in [0.4, 0.5) is 19.0 Å². The standard InChI is InChI=1S/C13H17N3O3.C2HF3O2/c14-11-5-4-9(7-15-11)12(17)16-10-3-1-2-8(6-10)13(18)19;3-2(4,5)1(6)7/h4-5,7-8,10H,1-3,6H2,(H2,14,15)(H,16,17)(H,18,19);(H,6,7). The number of nitrogens with zero attached hydrogens (tertiary/aromatic N) is 1. The number of carboxylic acid groups (broad SMARTS) is 2. The van der Waals surface area contributed by atoms with Gasteiger partial charge in [-0.3, -0.25) is 9.59 Å². The number of nitrogens with two attached hydrogens (primary N) is 1.